The molecule has 0 aromatic heterocycles. The van der Waals surface area contributed by atoms with Crippen LogP contribution in [0, 0.1) is 11.8 Å². The van der Waals surface area contributed by atoms with Gasteiger partial charge in [0.25, 0.3) is 5.91 Å². The summed E-state index contributed by atoms with van der Waals surface area (Å²) < 4.78 is 5.66. The fraction of sp³-hybridized carbons (Fsp3) is 0.640. The van der Waals surface area contributed by atoms with Gasteiger partial charge in [0.1, 0.15) is 18.1 Å². The van der Waals surface area contributed by atoms with Crippen molar-refractivity contribution in [2.45, 2.75) is 133 Å². The van der Waals surface area contributed by atoms with Gasteiger partial charge in [0, 0.05) is 62.2 Å². The van der Waals surface area contributed by atoms with Crippen LogP contribution in [0.2, 0.25) is 0 Å². The Morgan fingerprint density at radius 1 is 0.847 bits per heavy atom. The normalized spacial score (nSPS) is 25.6. The summed E-state index contributed by atoms with van der Waals surface area (Å²) >= 11 is 8.44. The third-order valence-electron chi connectivity index (χ3n) is 13.9. The minimum Gasteiger partial charge on any atom is -0.454 e. The molecule has 1 aromatic rings. The molecule has 72 heavy (non-hydrogen) atoms. The van der Waals surface area contributed by atoms with Gasteiger partial charge in [-0.15, -0.1) is 0 Å². The number of nitrogens with zero attached hydrogens (tertiary/aromatic N) is 3. The summed E-state index contributed by atoms with van der Waals surface area (Å²) in [5.74, 6) is -8.79. The van der Waals surface area contributed by atoms with E-state index in [1.165, 1.54) is 9.80 Å². The van der Waals surface area contributed by atoms with Crippen molar-refractivity contribution in [1.29, 1.82) is 0 Å². The number of nitrogens with two attached hydrogens (primary N) is 2. The fourth-order valence-electron chi connectivity index (χ4n) is 9.83. The number of likely N-dealkylation sites (tertiary alicyclic amines) is 1. The molecule has 0 spiro atoms. The number of nitrogens with one attached hydrogen (secondary N) is 4. The Balaban J connectivity index is 1.48. The second-order valence-corrected chi connectivity index (χ2v) is 20.2. The zero-order valence-corrected chi connectivity index (χ0v) is 43.2. The minimum atomic E-state index is -1.57. The maximum absolute atomic E-state index is 14.5. The Morgan fingerprint density at radius 3 is 2.22 bits per heavy atom. The number of primary amides is 1. The Kier molecular flexibility index (Phi) is 22.6. The molecule has 8 atom stereocenters. The Labute approximate surface area is 432 Å². The van der Waals surface area contributed by atoms with E-state index in [2.05, 4.69) is 46.5 Å². The number of esters is 1. The number of fused-ring (bicyclic) bond motifs is 2. The van der Waals surface area contributed by atoms with Gasteiger partial charge in [0.05, 0.1) is 24.5 Å². The smallest absolute Gasteiger partial charge is 0.329 e. The highest BCUT2D eigenvalue weighted by Crippen LogP contribution is 2.31. The molecule has 22 heteroatoms. The van der Waals surface area contributed by atoms with Crippen molar-refractivity contribution in [3.63, 3.8) is 0 Å². The van der Waals surface area contributed by atoms with E-state index >= 15 is 0 Å². The third kappa shape index (κ3) is 16.3. The van der Waals surface area contributed by atoms with Crippen LogP contribution >= 0.6 is 25.3 Å². The molecule has 0 saturated carbocycles. The monoisotopic (exact) mass is 1040 g/mol. The van der Waals surface area contributed by atoms with Crippen LogP contribution in [0.4, 0.5) is 0 Å². The van der Waals surface area contributed by atoms with Crippen molar-refractivity contribution in [2.75, 3.05) is 58.4 Å². The maximum atomic E-state index is 14.5. The molecular formula is C50H73N9O11S2. The second kappa shape index (κ2) is 28.2. The van der Waals surface area contributed by atoms with E-state index in [0.717, 1.165) is 16.7 Å². The molecule has 1 aliphatic carbocycles. The number of thiol groups is 2. The van der Waals surface area contributed by atoms with Gasteiger partial charge >= 0.3 is 5.97 Å². The molecule has 3 saturated heterocycles. The van der Waals surface area contributed by atoms with Crippen molar-refractivity contribution in [3.8, 4) is 0 Å². The van der Waals surface area contributed by atoms with Gasteiger partial charge in [-0.25, -0.2) is 4.79 Å². The lowest BCUT2D eigenvalue weighted by Gasteiger charge is -2.30. The van der Waals surface area contributed by atoms with Gasteiger partial charge in [0.2, 0.25) is 35.4 Å². The summed E-state index contributed by atoms with van der Waals surface area (Å²) in [7, 11) is 3.83. The first-order chi connectivity index (χ1) is 34.4. The molecule has 3 aliphatic heterocycles. The van der Waals surface area contributed by atoms with E-state index < -0.39 is 120 Å². The van der Waals surface area contributed by atoms with Gasteiger partial charge in [-0.05, 0) is 95.1 Å². The van der Waals surface area contributed by atoms with E-state index in [9.17, 15) is 47.9 Å². The van der Waals surface area contributed by atoms with Gasteiger partial charge in [-0.3, -0.25) is 43.2 Å². The Morgan fingerprint density at radius 2 is 1.53 bits per heavy atom. The first-order valence-electron chi connectivity index (χ1n) is 25.1. The van der Waals surface area contributed by atoms with Crippen molar-refractivity contribution in [3.05, 3.63) is 41.5 Å². The van der Waals surface area contributed by atoms with E-state index in [-0.39, 0.29) is 76.1 Å². The Hall–Kier alpha value is -5.32. The number of cyclic esters (lactones) is 1. The number of Topliss-reactive ketones (excluding diaryl/α,β-unsaturated/α-hetero) is 2. The van der Waals surface area contributed by atoms with Gasteiger partial charge in [-0.1, -0.05) is 43.2 Å². The van der Waals surface area contributed by atoms with E-state index in [0.29, 0.717) is 51.5 Å². The highest BCUT2D eigenvalue weighted by atomic mass is 32.1. The molecule has 7 amide bonds. The molecule has 20 nitrogen and oxygen atoms in total. The van der Waals surface area contributed by atoms with Crippen LogP contribution in [0.25, 0.3) is 5.57 Å². The minimum absolute atomic E-state index is 0.0216. The number of allylic oxidation sites excluding steroid dienone is 1. The third-order valence-corrected chi connectivity index (χ3v) is 14.6. The topological polar surface area (TPSA) is 290 Å². The summed E-state index contributed by atoms with van der Waals surface area (Å²) in [5.41, 5.74) is 14.2. The van der Waals surface area contributed by atoms with E-state index in [1.807, 2.05) is 49.3 Å². The number of carbonyl (C=O) groups excluding carboxylic acids is 10. The summed E-state index contributed by atoms with van der Waals surface area (Å²) in [5, 5.41) is 10.9. The highest BCUT2D eigenvalue weighted by Gasteiger charge is 2.41. The largest absolute Gasteiger partial charge is 0.454 e. The van der Waals surface area contributed by atoms with Crippen molar-refractivity contribution in [1.82, 2.24) is 36.0 Å². The van der Waals surface area contributed by atoms with Crippen LogP contribution in [0.5, 0.6) is 0 Å². The van der Waals surface area contributed by atoms with Gasteiger partial charge < -0.3 is 52.2 Å². The first-order valence-corrected chi connectivity index (χ1v) is 26.4. The van der Waals surface area contributed by atoms with Gasteiger partial charge in [0.15, 0.2) is 18.2 Å². The average molecular weight is 1040 g/mol. The van der Waals surface area contributed by atoms with E-state index in [4.69, 9.17) is 16.2 Å². The number of hydrogen-bond donors (Lipinski definition) is 8. The van der Waals surface area contributed by atoms with Crippen molar-refractivity contribution in [2.24, 2.45) is 23.3 Å². The SMILES string of the molecule is CN(C)CCCC[C@@H]1CC(=O)[C@H](CS)NC(=O)C[C@@H](C(=O)N2CCC[C@H]2C(N)=O)NC(=O)[C@H](CCCCNC(=O)[C@@H](N)CS)CC(=O)[C@@H]2CCCN2C(=O)COC(=O)[C@H](CC2=CCc3ccccc32)NC1=O. The quantitative estimate of drug-likeness (QED) is 0.0591. The number of rotatable bonds is 17. The average Bonchev–Trinajstić information content (AvgIpc) is 4.15. The molecule has 0 unspecified atom stereocenters. The van der Waals surface area contributed by atoms with Crippen LogP contribution in [0.1, 0.15) is 101 Å². The molecule has 3 fully saturated rings. The molecule has 0 bridgehead atoms. The first kappa shape index (κ1) is 57.6. The standard InChI is InChI=1S/C50H73N9O11S2/c1-57(2)20-8-6-13-32-24-41(60)38(29-72)54-43(62)26-36(49(68)59-22-10-16-40(59)45(52)64)55-46(65)33(12-5-7-19-53-48(67)35(51)28-71)25-42(61)39-15-9-21-58(39)44(63)27-70-50(69)37(56-47(32)66)23-31-18-17-30-11-3-4-14-34(30)31/h3-4,11,14,18,32-33,35-40,71-72H,5-10,12-13,15-17,19-29,51H2,1-2H3,(H2,52,64)(H,53,67)(H,54,62)(H,55,65)(H,56,66)/t32-,33-,35+,36+,37+,38+,39+,40+/m1/s1. The van der Waals surface area contributed by atoms with Gasteiger partial charge in [-0.2, -0.15) is 25.3 Å². The number of ether oxygens (including phenoxy) is 1. The van der Waals surface area contributed by atoms with Crippen LogP contribution in [-0.2, 0) is 59.1 Å². The lowest BCUT2D eigenvalue weighted by molar-refractivity contribution is -0.155. The lowest BCUT2D eigenvalue weighted by atomic mass is 9.91. The van der Waals surface area contributed by atoms with Crippen LogP contribution in [-0.4, -0.2) is 168 Å². The molecule has 4 aliphatic rings. The fourth-order valence-corrected chi connectivity index (χ4v) is 10.3. The Bertz CT molecular complexity index is 2190. The van der Waals surface area contributed by atoms with E-state index in [1.54, 1.807) is 0 Å². The molecular weight excluding hydrogens is 967 g/mol. The molecule has 3 heterocycles. The number of carbonyl (C=O) groups is 10. The number of unbranched alkanes of at least 4 members (excludes halogenated alkanes) is 2. The van der Waals surface area contributed by atoms with Crippen LogP contribution in [0.15, 0.2) is 30.3 Å². The molecule has 1 aromatic carbocycles. The molecule has 5 rings (SSSR count). The zero-order chi connectivity index (χ0) is 52.5. The highest BCUT2D eigenvalue weighted by molar-refractivity contribution is 7.80. The zero-order valence-electron chi connectivity index (χ0n) is 41.4. The lowest BCUT2D eigenvalue weighted by Crippen LogP contribution is -2.56. The number of amides is 7. The van der Waals surface area contributed by atoms with Crippen LogP contribution in [0.3, 0.4) is 0 Å². The summed E-state index contributed by atoms with van der Waals surface area (Å²) in [6.45, 7) is 0.459. The molecule has 396 valence electrons. The predicted molar refractivity (Wildman–Crippen MR) is 274 cm³/mol. The summed E-state index contributed by atoms with van der Waals surface area (Å²) in [4.78, 5) is 143. The summed E-state index contributed by atoms with van der Waals surface area (Å²) in [6.07, 6.45) is 4.85. The maximum Gasteiger partial charge on any atom is 0.329 e. The molecule has 8 N–H and O–H groups in total. The number of benzene rings is 1. The second-order valence-electron chi connectivity index (χ2n) is 19.5. The van der Waals surface area contributed by atoms with Crippen molar-refractivity contribution < 1.29 is 52.7 Å². The number of hydrogen-bond acceptors (Lipinski definition) is 15. The molecule has 0 radical (unpaired) electrons. The number of ketones is 2. The summed E-state index contributed by atoms with van der Waals surface area (Å²) in [6, 6.07) is 0.768. The van der Waals surface area contributed by atoms with Crippen molar-refractivity contribution >= 4 is 89.7 Å². The van der Waals surface area contributed by atoms with Crippen LogP contribution < -0.4 is 32.7 Å². The predicted octanol–water partition coefficient (Wildman–Crippen LogP) is 0.241.